The number of fused-ring (bicyclic) bond motifs is 5. The van der Waals surface area contributed by atoms with Crippen LogP contribution in [0.4, 0.5) is 4.79 Å². The van der Waals surface area contributed by atoms with E-state index in [0.29, 0.717) is 25.9 Å². The molecule has 1 aliphatic heterocycles. The van der Waals surface area contributed by atoms with Gasteiger partial charge in [0.05, 0.1) is 17.5 Å². The lowest BCUT2D eigenvalue weighted by atomic mass is 9.42. The second-order valence-corrected chi connectivity index (χ2v) is 13.4. The van der Waals surface area contributed by atoms with Crippen molar-refractivity contribution in [2.24, 2.45) is 28.4 Å². The van der Waals surface area contributed by atoms with Crippen LogP contribution in [0.15, 0.2) is 27.6 Å². The Labute approximate surface area is 219 Å². The van der Waals surface area contributed by atoms with E-state index in [-0.39, 0.29) is 52.3 Å². The first kappa shape index (κ1) is 25.4. The van der Waals surface area contributed by atoms with Crippen LogP contribution < -0.4 is 16.7 Å². The minimum Gasteiger partial charge on any atom is -0.431 e. The van der Waals surface area contributed by atoms with Gasteiger partial charge in [0.1, 0.15) is 0 Å². The lowest BCUT2D eigenvalue weighted by Crippen LogP contribution is -2.68. The lowest BCUT2D eigenvalue weighted by molar-refractivity contribution is -0.247. The van der Waals surface area contributed by atoms with Crippen LogP contribution >= 0.6 is 0 Å². The lowest BCUT2D eigenvalue weighted by Gasteiger charge is -2.66. The predicted octanol–water partition coefficient (Wildman–Crippen LogP) is 3.11. The van der Waals surface area contributed by atoms with Crippen LogP contribution in [0.2, 0.25) is 0 Å². The third kappa shape index (κ3) is 3.65. The number of hydrogen-bond donors (Lipinski definition) is 4. The second-order valence-electron chi connectivity index (χ2n) is 13.4. The van der Waals surface area contributed by atoms with E-state index in [9.17, 15) is 19.8 Å². The molecule has 2 amide bonds. The molecular weight excluding hydrogens is 470 g/mol. The van der Waals surface area contributed by atoms with E-state index in [0.717, 1.165) is 56.9 Å². The molecule has 8 heteroatoms. The first-order valence-corrected chi connectivity index (χ1v) is 14.3. The van der Waals surface area contributed by atoms with Gasteiger partial charge in [-0.3, -0.25) is 0 Å². The van der Waals surface area contributed by atoms with Gasteiger partial charge in [-0.2, -0.15) is 0 Å². The van der Waals surface area contributed by atoms with Crippen LogP contribution in [0.1, 0.15) is 89.5 Å². The molecule has 0 bridgehead atoms. The molecule has 9 atom stereocenters. The van der Waals surface area contributed by atoms with Crippen LogP contribution in [-0.4, -0.2) is 57.5 Å². The number of hydrogen-bond acceptors (Lipinski definition) is 6. The van der Waals surface area contributed by atoms with Gasteiger partial charge in [-0.15, -0.1) is 0 Å². The molecule has 1 saturated heterocycles. The molecular formula is C29H43N3O5. The minimum atomic E-state index is -0.850. The molecule has 6 rings (SSSR count). The Kier molecular flexibility index (Phi) is 5.87. The standard InChI is InChI=1S/C29H43N3O5/c1-26-10-5-20(31-25(34)32-14-9-19(30)16-32)15-28(26,35)12-7-23-22(26)6-11-27(2)21(8-13-29(23,27)36)18-3-4-24(33)37-17-18/h3-4,17,19-23,35-36H,5-16,30H2,1-2H3,(H,31,34)/t19-,20-,21+,22-,23+,26+,27+,28-,29-/m0/s1. The van der Waals surface area contributed by atoms with Crippen LogP contribution in [-0.2, 0) is 0 Å². The van der Waals surface area contributed by atoms with E-state index in [4.69, 9.17) is 10.2 Å². The summed E-state index contributed by atoms with van der Waals surface area (Å²) in [7, 11) is 0. The van der Waals surface area contributed by atoms with Crippen molar-refractivity contribution >= 4 is 6.03 Å². The normalized spacial score (nSPS) is 47.2. The molecule has 5 N–H and O–H groups in total. The number of urea groups is 1. The number of amides is 2. The Morgan fingerprint density at radius 1 is 1.03 bits per heavy atom. The maximum atomic E-state index is 12.8. The highest BCUT2D eigenvalue weighted by molar-refractivity contribution is 5.75. The Hall–Kier alpha value is -1.90. The zero-order valence-electron chi connectivity index (χ0n) is 22.2. The molecule has 2 heterocycles. The van der Waals surface area contributed by atoms with Gasteiger partial charge < -0.3 is 30.6 Å². The summed E-state index contributed by atoms with van der Waals surface area (Å²) < 4.78 is 5.20. The predicted molar refractivity (Wildman–Crippen MR) is 139 cm³/mol. The summed E-state index contributed by atoms with van der Waals surface area (Å²) in [6, 6.07) is 3.30. The van der Waals surface area contributed by atoms with Crippen LogP contribution in [0.25, 0.3) is 0 Å². The van der Waals surface area contributed by atoms with E-state index < -0.39 is 11.2 Å². The van der Waals surface area contributed by atoms with Gasteiger partial charge >= 0.3 is 11.7 Å². The largest absolute Gasteiger partial charge is 0.431 e. The molecule has 37 heavy (non-hydrogen) atoms. The molecule has 1 aromatic rings. The van der Waals surface area contributed by atoms with Gasteiger partial charge in [-0.1, -0.05) is 13.8 Å². The number of nitrogens with zero attached hydrogens (tertiary/aromatic N) is 1. The first-order valence-electron chi connectivity index (χ1n) is 14.3. The van der Waals surface area contributed by atoms with Crippen LogP contribution in [0.5, 0.6) is 0 Å². The number of rotatable bonds is 2. The Balaban J connectivity index is 1.20. The van der Waals surface area contributed by atoms with Gasteiger partial charge in [-0.05, 0) is 99.0 Å². The van der Waals surface area contributed by atoms with Crippen molar-refractivity contribution in [2.45, 2.75) is 107 Å². The van der Waals surface area contributed by atoms with E-state index in [1.165, 1.54) is 6.07 Å². The van der Waals surface area contributed by atoms with Crippen molar-refractivity contribution in [2.75, 3.05) is 13.1 Å². The van der Waals surface area contributed by atoms with Gasteiger partial charge in [0.15, 0.2) is 0 Å². The molecule has 204 valence electrons. The highest BCUT2D eigenvalue weighted by atomic mass is 16.4. The summed E-state index contributed by atoms with van der Waals surface area (Å²) in [5.74, 6) is 0.528. The summed E-state index contributed by atoms with van der Waals surface area (Å²) in [5, 5.41) is 27.7. The van der Waals surface area contributed by atoms with Gasteiger partial charge in [-0.25, -0.2) is 9.59 Å². The van der Waals surface area contributed by atoms with Gasteiger partial charge in [0.2, 0.25) is 0 Å². The third-order valence-electron chi connectivity index (χ3n) is 12.0. The van der Waals surface area contributed by atoms with Gasteiger partial charge in [0.25, 0.3) is 0 Å². The summed E-state index contributed by atoms with van der Waals surface area (Å²) in [6.45, 7) is 5.76. The van der Waals surface area contributed by atoms with Crippen molar-refractivity contribution in [3.05, 3.63) is 34.4 Å². The molecule has 0 spiro atoms. The molecule has 8 nitrogen and oxygen atoms in total. The maximum absolute atomic E-state index is 12.8. The Morgan fingerprint density at radius 3 is 2.49 bits per heavy atom. The molecule has 0 unspecified atom stereocenters. The van der Waals surface area contributed by atoms with E-state index in [1.54, 1.807) is 11.2 Å². The average Bonchev–Trinajstić information content (AvgIpc) is 3.41. The monoisotopic (exact) mass is 513 g/mol. The molecule has 0 aromatic carbocycles. The number of carbonyl (C=O) groups is 1. The van der Waals surface area contributed by atoms with Crippen LogP contribution in [0.3, 0.4) is 0 Å². The Bertz CT molecular complexity index is 1100. The zero-order chi connectivity index (χ0) is 26.2. The number of carbonyl (C=O) groups excluding carboxylic acids is 1. The molecule has 5 aliphatic rings. The first-order chi connectivity index (χ1) is 17.5. The van der Waals surface area contributed by atoms with E-state index in [2.05, 4.69) is 19.2 Å². The van der Waals surface area contributed by atoms with Crippen molar-refractivity contribution in [1.82, 2.24) is 10.2 Å². The average molecular weight is 514 g/mol. The molecule has 0 radical (unpaired) electrons. The highest BCUT2D eigenvalue weighted by Gasteiger charge is 2.70. The second kappa shape index (κ2) is 8.55. The fourth-order valence-corrected chi connectivity index (χ4v) is 9.69. The maximum Gasteiger partial charge on any atom is 0.335 e. The number of nitrogens with one attached hydrogen (secondary N) is 1. The fraction of sp³-hybridized carbons (Fsp3) is 0.793. The topological polar surface area (TPSA) is 129 Å². The molecule has 1 aromatic heterocycles. The summed E-state index contributed by atoms with van der Waals surface area (Å²) in [6.07, 6.45) is 9.58. The van der Waals surface area contributed by atoms with Crippen molar-refractivity contribution in [3.8, 4) is 0 Å². The van der Waals surface area contributed by atoms with Crippen molar-refractivity contribution in [3.63, 3.8) is 0 Å². The summed E-state index contributed by atoms with van der Waals surface area (Å²) in [4.78, 5) is 26.2. The van der Waals surface area contributed by atoms with E-state index in [1.807, 2.05) is 6.07 Å². The number of aliphatic hydroxyl groups is 2. The zero-order valence-corrected chi connectivity index (χ0v) is 22.2. The highest BCUT2D eigenvalue weighted by Crippen LogP contribution is 2.71. The quantitative estimate of drug-likeness (QED) is 0.481. The SMILES string of the molecule is C[C@]12CC[C@H](NC(=O)N3CC[C@H](N)C3)C[C@@]1(O)CC[C@@H]1[C@@H]2CC[C@]2(C)[C@@H](c3ccc(=O)oc3)CC[C@]12O. The summed E-state index contributed by atoms with van der Waals surface area (Å²) >= 11 is 0. The fourth-order valence-electron chi connectivity index (χ4n) is 9.69. The smallest absolute Gasteiger partial charge is 0.335 e. The summed E-state index contributed by atoms with van der Waals surface area (Å²) in [5.41, 5.74) is 4.41. The van der Waals surface area contributed by atoms with Crippen LogP contribution in [0, 0.1) is 22.7 Å². The third-order valence-corrected chi connectivity index (χ3v) is 12.0. The van der Waals surface area contributed by atoms with Gasteiger partial charge in [0, 0.05) is 36.7 Å². The molecule has 4 aliphatic carbocycles. The number of nitrogens with two attached hydrogens (primary N) is 1. The molecule has 5 fully saturated rings. The van der Waals surface area contributed by atoms with Crippen molar-refractivity contribution < 1.29 is 19.4 Å². The van der Waals surface area contributed by atoms with Crippen molar-refractivity contribution in [1.29, 1.82) is 0 Å². The number of likely N-dealkylation sites (tertiary alicyclic amines) is 1. The van der Waals surface area contributed by atoms with E-state index >= 15 is 0 Å². The molecule has 4 saturated carbocycles. The minimum absolute atomic E-state index is 0.0421. The Morgan fingerprint density at radius 2 is 1.78 bits per heavy atom.